The third-order valence-electron chi connectivity index (χ3n) is 2.81. The maximum absolute atomic E-state index is 12.1. The number of Topliss-reactive ketones (excluding diaryl/α,β-unsaturated/α-hetero) is 1. The number of hydrogen-bond acceptors (Lipinski definition) is 2. The van der Waals surface area contributed by atoms with E-state index in [1.807, 2.05) is 19.9 Å². The third-order valence-corrected chi connectivity index (χ3v) is 2.81. The van der Waals surface area contributed by atoms with Gasteiger partial charge in [0.2, 0.25) is 0 Å². The molecule has 0 aliphatic rings. The van der Waals surface area contributed by atoms with Gasteiger partial charge in [-0.05, 0) is 32.8 Å². The number of aromatic nitrogens is 2. The summed E-state index contributed by atoms with van der Waals surface area (Å²) >= 11 is 0. The van der Waals surface area contributed by atoms with Crippen LogP contribution in [0.25, 0.3) is 0 Å². The van der Waals surface area contributed by atoms with Gasteiger partial charge in [-0.2, -0.15) is 5.10 Å². The summed E-state index contributed by atoms with van der Waals surface area (Å²) in [5, 5.41) is 4.30. The molecule has 0 aliphatic carbocycles. The van der Waals surface area contributed by atoms with Crippen LogP contribution in [0.2, 0.25) is 0 Å². The van der Waals surface area contributed by atoms with Gasteiger partial charge in [-0.3, -0.25) is 9.48 Å². The summed E-state index contributed by atoms with van der Waals surface area (Å²) in [4.78, 5) is 12.1. The van der Waals surface area contributed by atoms with Gasteiger partial charge in [0.15, 0.2) is 5.78 Å². The van der Waals surface area contributed by atoms with Crippen LogP contribution in [0.15, 0.2) is 6.07 Å². The Kier molecular flexibility index (Phi) is 4.06. The molecule has 0 atom stereocenters. The molecule has 0 fully saturated rings. The third kappa shape index (κ3) is 2.46. The first kappa shape index (κ1) is 12.0. The van der Waals surface area contributed by atoms with Crippen molar-refractivity contribution in [2.45, 2.75) is 47.1 Å². The molecule has 0 aromatic carbocycles. The Morgan fingerprint density at radius 3 is 2.47 bits per heavy atom. The van der Waals surface area contributed by atoms with Crippen LogP contribution < -0.4 is 0 Å². The van der Waals surface area contributed by atoms with Gasteiger partial charge in [0, 0.05) is 12.5 Å². The second-order valence-corrected chi connectivity index (χ2v) is 3.86. The van der Waals surface area contributed by atoms with Gasteiger partial charge in [-0.25, -0.2) is 0 Å². The summed E-state index contributed by atoms with van der Waals surface area (Å²) in [6.45, 7) is 8.82. The molecule has 1 rings (SSSR count). The molecule has 0 aliphatic heterocycles. The topological polar surface area (TPSA) is 34.9 Å². The molecular weight excluding hydrogens is 188 g/mol. The van der Waals surface area contributed by atoms with E-state index in [2.05, 4.69) is 18.9 Å². The molecule has 0 amide bonds. The Labute approximate surface area is 91.5 Å². The van der Waals surface area contributed by atoms with E-state index in [9.17, 15) is 4.79 Å². The van der Waals surface area contributed by atoms with Gasteiger partial charge in [-0.15, -0.1) is 0 Å². The maximum Gasteiger partial charge on any atom is 0.183 e. The molecular formula is C12H20N2O. The molecule has 1 heterocycles. The Morgan fingerprint density at radius 2 is 2.00 bits per heavy atom. The van der Waals surface area contributed by atoms with Crippen molar-refractivity contribution in [1.29, 1.82) is 0 Å². The van der Waals surface area contributed by atoms with Crippen molar-refractivity contribution < 1.29 is 4.79 Å². The number of carbonyl (C=O) groups is 1. The van der Waals surface area contributed by atoms with E-state index >= 15 is 0 Å². The number of nitrogens with zero attached hydrogens (tertiary/aromatic N) is 2. The van der Waals surface area contributed by atoms with Crippen molar-refractivity contribution in [2.24, 2.45) is 5.92 Å². The van der Waals surface area contributed by atoms with E-state index in [0.29, 0.717) is 0 Å². The van der Waals surface area contributed by atoms with E-state index in [-0.39, 0.29) is 11.7 Å². The van der Waals surface area contributed by atoms with Gasteiger partial charge >= 0.3 is 0 Å². The van der Waals surface area contributed by atoms with Crippen LogP contribution in [0.3, 0.4) is 0 Å². The minimum Gasteiger partial charge on any atom is -0.292 e. The average molecular weight is 208 g/mol. The summed E-state index contributed by atoms with van der Waals surface area (Å²) in [5.74, 6) is 0.383. The quantitative estimate of drug-likeness (QED) is 0.697. The van der Waals surface area contributed by atoms with Crippen molar-refractivity contribution in [1.82, 2.24) is 9.78 Å². The lowest BCUT2D eigenvalue weighted by molar-refractivity contribution is 0.0902. The fourth-order valence-electron chi connectivity index (χ4n) is 1.85. The molecule has 3 heteroatoms. The highest BCUT2D eigenvalue weighted by Gasteiger charge is 2.20. The zero-order valence-electron chi connectivity index (χ0n) is 10.1. The van der Waals surface area contributed by atoms with Crippen molar-refractivity contribution in [3.05, 3.63) is 17.5 Å². The van der Waals surface area contributed by atoms with E-state index in [4.69, 9.17) is 0 Å². The molecule has 0 spiro atoms. The Morgan fingerprint density at radius 1 is 1.40 bits per heavy atom. The highest BCUT2D eigenvalue weighted by atomic mass is 16.1. The fraction of sp³-hybridized carbons (Fsp3) is 0.667. The predicted molar refractivity (Wildman–Crippen MR) is 61.0 cm³/mol. The summed E-state index contributed by atoms with van der Waals surface area (Å²) in [6.07, 6.45) is 1.81. The van der Waals surface area contributed by atoms with E-state index in [1.54, 1.807) is 4.68 Å². The van der Waals surface area contributed by atoms with Gasteiger partial charge in [0.25, 0.3) is 0 Å². The first-order chi connectivity index (χ1) is 7.13. The smallest absolute Gasteiger partial charge is 0.183 e. The van der Waals surface area contributed by atoms with Crippen molar-refractivity contribution in [3.63, 3.8) is 0 Å². The van der Waals surface area contributed by atoms with Crippen LogP contribution in [0, 0.1) is 12.8 Å². The van der Waals surface area contributed by atoms with Crippen molar-refractivity contribution >= 4 is 5.78 Å². The molecule has 84 valence electrons. The van der Waals surface area contributed by atoms with Crippen molar-refractivity contribution in [2.75, 3.05) is 0 Å². The zero-order chi connectivity index (χ0) is 11.4. The number of hydrogen-bond donors (Lipinski definition) is 0. The molecule has 1 aromatic heterocycles. The highest BCUT2D eigenvalue weighted by Crippen LogP contribution is 2.16. The first-order valence-corrected chi connectivity index (χ1v) is 5.72. The lowest BCUT2D eigenvalue weighted by Crippen LogP contribution is -2.17. The standard InChI is InChI=1S/C12H20N2O/c1-5-10(6-2)12(15)11-8-9(4)13-14(11)7-3/h8,10H,5-7H2,1-4H3. The summed E-state index contributed by atoms with van der Waals surface area (Å²) in [5.41, 5.74) is 1.69. The van der Waals surface area contributed by atoms with Crippen LogP contribution in [0.1, 0.15) is 49.8 Å². The minimum atomic E-state index is 0.145. The molecule has 1 aromatic rings. The Bertz CT molecular complexity index is 337. The van der Waals surface area contributed by atoms with Gasteiger partial charge in [0.1, 0.15) is 5.69 Å². The van der Waals surface area contributed by atoms with Crippen LogP contribution in [-0.4, -0.2) is 15.6 Å². The first-order valence-electron chi connectivity index (χ1n) is 5.72. The minimum absolute atomic E-state index is 0.145. The van der Waals surface area contributed by atoms with E-state index < -0.39 is 0 Å². The van der Waals surface area contributed by atoms with E-state index in [1.165, 1.54) is 0 Å². The predicted octanol–water partition coefficient (Wildman–Crippen LogP) is 2.83. The molecule has 0 bridgehead atoms. The second kappa shape index (κ2) is 5.10. The normalized spacial score (nSPS) is 11.0. The molecule has 0 radical (unpaired) electrons. The zero-order valence-corrected chi connectivity index (χ0v) is 10.1. The maximum atomic E-state index is 12.1. The lowest BCUT2D eigenvalue weighted by atomic mass is 9.96. The van der Waals surface area contributed by atoms with Crippen molar-refractivity contribution in [3.8, 4) is 0 Å². The van der Waals surface area contributed by atoms with Gasteiger partial charge in [0.05, 0.1) is 5.69 Å². The number of rotatable bonds is 5. The molecule has 0 saturated heterocycles. The van der Waals surface area contributed by atoms with Crippen LogP contribution in [-0.2, 0) is 6.54 Å². The molecule has 15 heavy (non-hydrogen) atoms. The Balaban J connectivity index is 2.98. The molecule has 3 nitrogen and oxygen atoms in total. The molecule has 0 unspecified atom stereocenters. The van der Waals surface area contributed by atoms with Crippen LogP contribution in [0.4, 0.5) is 0 Å². The monoisotopic (exact) mass is 208 g/mol. The summed E-state index contributed by atoms with van der Waals surface area (Å²) in [6, 6.07) is 1.89. The number of ketones is 1. The van der Waals surface area contributed by atoms with E-state index in [0.717, 1.165) is 30.8 Å². The fourth-order valence-corrected chi connectivity index (χ4v) is 1.85. The summed E-state index contributed by atoms with van der Waals surface area (Å²) in [7, 11) is 0. The van der Waals surface area contributed by atoms with Crippen LogP contribution >= 0.6 is 0 Å². The van der Waals surface area contributed by atoms with Gasteiger partial charge in [-0.1, -0.05) is 13.8 Å². The molecule has 0 saturated carbocycles. The average Bonchev–Trinajstić information content (AvgIpc) is 2.61. The SMILES string of the molecule is CCC(CC)C(=O)c1cc(C)nn1CC. The van der Waals surface area contributed by atoms with Crippen LogP contribution in [0.5, 0.6) is 0 Å². The Hall–Kier alpha value is -1.12. The molecule has 0 N–H and O–H groups in total. The largest absolute Gasteiger partial charge is 0.292 e. The lowest BCUT2D eigenvalue weighted by Gasteiger charge is -2.11. The van der Waals surface area contributed by atoms with Gasteiger partial charge < -0.3 is 0 Å². The summed E-state index contributed by atoms with van der Waals surface area (Å²) < 4.78 is 1.80. The number of carbonyl (C=O) groups excluding carboxylic acids is 1. The second-order valence-electron chi connectivity index (χ2n) is 3.86. The number of aryl methyl sites for hydroxylation is 2. The highest BCUT2D eigenvalue weighted by molar-refractivity contribution is 5.96.